The summed E-state index contributed by atoms with van der Waals surface area (Å²) in [6.07, 6.45) is 5.68. The molecule has 2 aromatic rings. The minimum atomic E-state index is 0.270. The molecular weight excluding hydrogens is 310 g/mol. The number of para-hydroxylation sites is 1. The number of hydrogen-bond donors (Lipinski definition) is 0. The van der Waals surface area contributed by atoms with Gasteiger partial charge in [0.15, 0.2) is 0 Å². The highest BCUT2D eigenvalue weighted by atomic mass is 16.5. The summed E-state index contributed by atoms with van der Waals surface area (Å²) in [6.45, 7) is 0.891. The van der Waals surface area contributed by atoms with Crippen molar-refractivity contribution in [2.75, 3.05) is 13.7 Å². The molecular formula is C22H27NO2. The van der Waals surface area contributed by atoms with Crippen molar-refractivity contribution in [3.8, 4) is 5.75 Å². The van der Waals surface area contributed by atoms with Gasteiger partial charge < -0.3 is 9.64 Å². The van der Waals surface area contributed by atoms with Gasteiger partial charge in [-0.2, -0.15) is 0 Å². The van der Waals surface area contributed by atoms with E-state index in [2.05, 4.69) is 29.2 Å². The number of nitrogens with zero attached hydrogens (tertiary/aromatic N) is 1. The van der Waals surface area contributed by atoms with Crippen LogP contribution in [0, 0.1) is 0 Å². The molecule has 0 saturated carbocycles. The Balaban J connectivity index is 1.62. The lowest BCUT2D eigenvalue weighted by Gasteiger charge is -2.36. The SMILES string of the molecule is COc1ccccc1CCC(=O)N1CCCC[C@H]1Cc1ccccc1. The van der Waals surface area contributed by atoms with Crippen molar-refractivity contribution in [3.63, 3.8) is 0 Å². The number of carbonyl (C=O) groups excluding carboxylic acids is 1. The standard InChI is InChI=1S/C22H27NO2/c1-25-21-13-6-5-11-19(21)14-15-22(24)23-16-8-7-12-20(23)17-18-9-3-2-4-10-18/h2-6,9-11,13,20H,7-8,12,14-17H2,1H3/t20-/m0/s1. The van der Waals surface area contributed by atoms with E-state index in [1.54, 1.807) is 7.11 Å². The van der Waals surface area contributed by atoms with Crippen LogP contribution < -0.4 is 4.74 Å². The molecule has 1 aliphatic rings. The fraction of sp³-hybridized carbons (Fsp3) is 0.409. The maximum Gasteiger partial charge on any atom is 0.223 e. The molecule has 1 heterocycles. The second-order valence-electron chi connectivity index (χ2n) is 6.74. The number of hydrogen-bond acceptors (Lipinski definition) is 2. The van der Waals surface area contributed by atoms with E-state index in [0.29, 0.717) is 12.5 Å². The normalized spacial score (nSPS) is 17.3. The first-order chi connectivity index (χ1) is 12.3. The largest absolute Gasteiger partial charge is 0.496 e. The first-order valence-corrected chi connectivity index (χ1v) is 9.23. The second kappa shape index (κ2) is 8.70. The topological polar surface area (TPSA) is 29.5 Å². The Kier molecular flexibility index (Phi) is 6.10. The molecule has 0 N–H and O–H groups in total. The summed E-state index contributed by atoms with van der Waals surface area (Å²) in [5.41, 5.74) is 2.42. The molecule has 0 aromatic heterocycles. The van der Waals surface area contributed by atoms with Crippen molar-refractivity contribution >= 4 is 5.91 Å². The molecule has 1 amide bonds. The van der Waals surface area contributed by atoms with Crippen LogP contribution in [-0.4, -0.2) is 30.5 Å². The van der Waals surface area contributed by atoms with Crippen molar-refractivity contribution in [2.45, 2.75) is 44.6 Å². The summed E-state index contributed by atoms with van der Waals surface area (Å²) in [6, 6.07) is 18.8. The molecule has 2 aromatic carbocycles. The zero-order valence-electron chi connectivity index (χ0n) is 15.0. The highest BCUT2D eigenvalue weighted by Gasteiger charge is 2.26. The number of aryl methyl sites for hydroxylation is 1. The lowest BCUT2D eigenvalue weighted by atomic mass is 9.95. The van der Waals surface area contributed by atoms with E-state index in [1.807, 2.05) is 30.3 Å². The number of rotatable bonds is 6. The zero-order chi connectivity index (χ0) is 17.5. The number of likely N-dealkylation sites (tertiary alicyclic amines) is 1. The van der Waals surface area contributed by atoms with E-state index in [9.17, 15) is 4.79 Å². The molecule has 1 atom stereocenters. The lowest BCUT2D eigenvalue weighted by Crippen LogP contribution is -2.45. The maximum absolute atomic E-state index is 12.9. The van der Waals surface area contributed by atoms with Crippen molar-refractivity contribution < 1.29 is 9.53 Å². The van der Waals surface area contributed by atoms with E-state index in [1.165, 1.54) is 12.0 Å². The predicted octanol–water partition coefficient (Wildman–Crippen LogP) is 4.25. The van der Waals surface area contributed by atoms with Crippen LogP contribution >= 0.6 is 0 Å². The Morgan fingerprint density at radius 3 is 2.64 bits per heavy atom. The molecule has 3 nitrogen and oxygen atoms in total. The number of benzene rings is 2. The highest BCUT2D eigenvalue weighted by molar-refractivity contribution is 5.77. The number of piperidine rings is 1. The first-order valence-electron chi connectivity index (χ1n) is 9.23. The van der Waals surface area contributed by atoms with Gasteiger partial charge >= 0.3 is 0 Å². The monoisotopic (exact) mass is 337 g/mol. The summed E-state index contributed by atoms with van der Waals surface area (Å²) < 4.78 is 5.40. The van der Waals surface area contributed by atoms with E-state index in [-0.39, 0.29) is 5.91 Å². The van der Waals surface area contributed by atoms with Crippen LogP contribution in [0.1, 0.15) is 36.8 Å². The van der Waals surface area contributed by atoms with Crippen molar-refractivity contribution in [1.29, 1.82) is 0 Å². The van der Waals surface area contributed by atoms with Gasteiger partial charge in [-0.1, -0.05) is 48.5 Å². The molecule has 0 spiro atoms. The van der Waals surface area contributed by atoms with Gasteiger partial charge in [0, 0.05) is 19.0 Å². The zero-order valence-corrected chi connectivity index (χ0v) is 15.0. The smallest absolute Gasteiger partial charge is 0.223 e. The van der Waals surface area contributed by atoms with E-state index >= 15 is 0 Å². The number of amides is 1. The van der Waals surface area contributed by atoms with Crippen LogP contribution in [0.2, 0.25) is 0 Å². The van der Waals surface area contributed by atoms with Crippen molar-refractivity contribution in [1.82, 2.24) is 4.90 Å². The molecule has 3 rings (SSSR count). The van der Waals surface area contributed by atoms with Crippen LogP contribution in [0.4, 0.5) is 0 Å². The third kappa shape index (κ3) is 4.62. The Hall–Kier alpha value is -2.29. The molecule has 1 saturated heterocycles. The minimum Gasteiger partial charge on any atom is -0.496 e. The number of ether oxygens (including phenoxy) is 1. The molecule has 1 fully saturated rings. The summed E-state index contributed by atoms with van der Waals surface area (Å²) >= 11 is 0. The van der Waals surface area contributed by atoms with Gasteiger partial charge in [-0.3, -0.25) is 4.79 Å². The van der Waals surface area contributed by atoms with E-state index in [4.69, 9.17) is 4.74 Å². The molecule has 3 heteroatoms. The van der Waals surface area contributed by atoms with Crippen LogP contribution in [0.15, 0.2) is 54.6 Å². The molecule has 0 unspecified atom stereocenters. The minimum absolute atomic E-state index is 0.270. The Labute approximate surface area is 150 Å². The van der Waals surface area contributed by atoms with Gasteiger partial charge in [0.25, 0.3) is 0 Å². The second-order valence-corrected chi connectivity index (χ2v) is 6.74. The molecule has 1 aliphatic heterocycles. The third-order valence-electron chi connectivity index (χ3n) is 5.06. The Bertz CT molecular complexity index is 683. The molecule has 0 bridgehead atoms. The quantitative estimate of drug-likeness (QED) is 0.788. The van der Waals surface area contributed by atoms with Crippen LogP contribution in [0.5, 0.6) is 5.75 Å². The summed E-state index contributed by atoms with van der Waals surface area (Å²) in [5, 5.41) is 0. The maximum atomic E-state index is 12.9. The van der Waals surface area contributed by atoms with Gasteiger partial charge in [-0.15, -0.1) is 0 Å². The summed E-state index contributed by atoms with van der Waals surface area (Å²) in [5.74, 6) is 1.14. The number of methoxy groups -OCH3 is 1. The third-order valence-corrected chi connectivity index (χ3v) is 5.06. The molecule has 0 radical (unpaired) electrons. The summed E-state index contributed by atoms with van der Waals surface area (Å²) in [7, 11) is 1.68. The Morgan fingerprint density at radius 2 is 1.84 bits per heavy atom. The first kappa shape index (κ1) is 17.5. The van der Waals surface area contributed by atoms with Gasteiger partial charge in [-0.05, 0) is 49.3 Å². The lowest BCUT2D eigenvalue weighted by molar-refractivity contribution is -0.134. The van der Waals surface area contributed by atoms with Crippen LogP contribution in [0.25, 0.3) is 0 Å². The number of carbonyl (C=O) groups is 1. The van der Waals surface area contributed by atoms with Gasteiger partial charge in [0.1, 0.15) is 5.75 Å². The van der Waals surface area contributed by atoms with Gasteiger partial charge in [-0.25, -0.2) is 0 Å². The molecule has 132 valence electrons. The van der Waals surface area contributed by atoms with Gasteiger partial charge in [0.05, 0.1) is 7.11 Å². The van der Waals surface area contributed by atoms with Crippen LogP contribution in [-0.2, 0) is 17.6 Å². The van der Waals surface area contributed by atoms with Crippen LogP contribution in [0.3, 0.4) is 0 Å². The van der Waals surface area contributed by atoms with Crippen molar-refractivity contribution in [3.05, 3.63) is 65.7 Å². The van der Waals surface area contributed by atoms with E-state index in [0.717, 1.165) is 43.5 Å². The Morgan fingerprint density at radius 1 is 1.08 bits per heavy atom. The summed E-state index contributed by atoms with van der Waals surface area (Å²) in [4.78, 5) is 15.0. The van der Waals surface area contributed by atoms with E-state index < -0.39 is 0 Å². The predicted molar refractivity (Wildman–Crippen MR) is 101 cm³/mol. The molecule has 0 aliphatic carbocycles. The average Bonchev–Trinajstić information content (AvgIpc) is 2.67. The fourth-order valence-corrected chi connectivity index (χ4v) is 3.72. The average molecular weight is 337 g/mol. The highest BCUT2D eigenvalue weighted by Crippen LogP contribution is 2.23. The van der Waals surface area contributed by atoms with Gasteiger partial charge in [0.2, 0.25) is 5.91 Å². The van der Waals surface area contributed by atoms with Crippen molar-refractivity contribution in [2.24, 2.45) is 0 Å². The fourth-order valence-electron chi connectivity index (χ4n) is 3.72. The molecule has 25 heavy (non-hydrogen) atoms.